The van der Waals surface area contributed by atoms with Gasteiger partial charge in [-0.1, -0.05) is 18.2 Å². The fourth-order valence-electron chi connectivity index (χ4n) is 3.01. The van der Waals surface area contributed by atoms with E-state index in [0.717, 1.165) is 5.56 Å². The first-order valence-electron chi connectivity index (χ1n) is 10.3. The molecular weight excluding hydrogens is 402 g/mol. The predicted octanol–water partition coefficient (Wildman–Crippen LogP) is 2.53. The van der Waals surface area contributed by atoms with Crippen molar-refractivity contribution in [2.24, 2.45) is 0 Å². The number of carbonyl (C=O) groups is 2. The number of hydrogen-bond donors (Lipinski definition) is 1. The van der Waals surface area contributed by atoms with Gasteiger partial charge >= 0.3 is 5.97 Å². The lowest BCUT2D eigenvalue weighted by molar-refractivity contribution is -0.157. The van der Waals surface area contributed by atoms with Crippen molar-refractivity contribution in [2.75, 3.05) is 33.0 Å². The van der Waals surface area contributed by atoms with E-state index in [4.69, 9.17) is 23.7 Å². The highest BCUT2D eigenvalue weighted by Crippen LogP contribution is 2.31. The molecule has 0 spiro atoms. The van der Waals surface area contributed by atoms with Gasteiger partial charge in [0.25, 0.3) is 5.91 Å². The van der Waals surface area contributed by atoms with Gasteiger partial charge in [0.05, 0.1) is 13.2 Å². The van der Waals surface area contributed by atoms with Gasteiger partial charge in [0, 0.05) is 6.54 Å². The maximum atomic E-state index is 12.2. The Morgan fingerprint density at radius 2 is 1.77 bits per heavy atom. The molecule has 0 radical (unpaired) electrons. The van der Waals surface area contributed by atoms with Gasteiger partial charge in [0.2, 0.25) is 6.10 Å². The van der Waals surface area contributed by atoms with Crippen LogP contribution in [0.4, 0.5) is 0 Å². The molecule has 1 aliphatic rings. The Bertz CT molecular complexity index is 899. The van der Waals surface area contributed by atoms with E-state index in [1.165, 1.54) is 0 Å². The van der Waals surface area contributed by atoms with Crippen molar-refractivity contribution in [2.45, 2.75) is 26.4 Å². The third-order valence-corrected chi connectivity index (χ3v) is 4.46. The van der Waals surface area contributed by atoms with Crippen molar-refractivity contribution in [1.82, 2.24) is 5.32 Å². The minimum atomic E-state index is -0.899. The summed E-state index contributed by atoms with van der Waals surface area (Å²) in [5.74, 6) is 1.39. The molecule has 8 nitrogen and oxygen atoms in total. The summed E-state index contributed by atoms with van der Waals surface area (Å²) in [5, 5.41) is 2.74. The zero-order valence-corrected chi connectivity index (χ0v) is 17.7. The molecule has 1 N–H and O–H groups in total. The van der Waals surface area contributed by atoms with Crippen molar-refractivity contribution in [3.63, 3.8) is 0 Å². The van der Waals surface area contributed by atoms with Crippen LogP contribution in [0.25, 0.3) is 0 Å². The third kappa shape index (κ3) is 6.28. The van der Waals surface area contributed by atoms with Crippen LogP contribution in [0, 0.1) is 0 Å². The van der Waals surface area contributed by atoms with Gasteiger partial charge in [0.15, 0.2) is 29.6 Å². The molecule has 8 heteroatoms. The summed E-state index contributed by atoms with van der Waals surface area (Å²) in [6.45, 7) is 4.97. The Morgan fingerprint density at radius 3 is 2.55 bits per heavy atom. The number of amides is 1. The average molecular weight is 429 g/mol. The number of carbonyl (C=O) groups excluding carboxylic acids is 2. The summed E-state index contributed by atoms with van der Waals surface area (Å²) in [7, 11) is 0. The summed E-state index contributed by atoms with van der Waals surface area (Å²) < 4.78 is 27.3. The Balaban J connectivity index is 1.40. The van der Waals surface area contributed by atoms with Crippen LogP contribution in [0.3, 0.4) is 0 Å². The van der Waals surface area contributed by atoms with Gasteiger partial charge in [-0.05, 0) is 50.1 Å². The van der Waals surface area contributed by atoms with Crippen LogP contribution < -0.4 is 24.3 Å². The van der Waals surface area contributed by atoms with Crippen LogP contribution in [0.2, 0.25) is 0 Å². The summed E-state index contributed by atoms with van der Waals surface area (Å²) in [4.78, 5) is 24.2. The van der Waals surface area contributed by atoms with Crippen LogP contribution in [-0.4, -0.2) is 51.0 Å². The molecule has 166 valence electrons. The minimum absolute atomic E-state index is 0.0391. The second-order valence-corrected chi connectivity index (χ2v) is 6.72. The van der Waals surface area contributed by atoms with Gasteiger partial charge in [-0.3, -0.25) is 4.79 Å². The number of ether oxygens (including phenoxy) is 5. The maximum Gasteiger partial charge on any atom is 0.351 e. The second-order valence-electron chi connectivity index (χ2n) is 6.72. The minimum Gasteiger partial charge on any atom is -0.490 e. The number of esters is 1. The quantitative estimate of drug-likeness (QED) is 0.580. The summed E-state index contributed by atoms with van der Waals surface area (Å²) >= 11 is 0. The third-order valence-electron chi connectivity index (χ3n) is 4.46. The Morgan fingerprint density at radius 1 is 1.03 bits per heavy atom. The molecule has 0 fully saturated rings. The number of rotatable bonds is 10. The normalized spacial score (nSPS) is 14.5. The largest absolute Gasteiger partial charge is 0.490 e. The number of fused-ring (bicyclic) bond motifs is 1. The predicted molar refractivity (Wildman–Crippen MR) is 113 cm³/mol. The monoisotopic (exact) mass is 429 g/mol. The van der Waals surface area contributed by atoms with E-state index in [9.17, 15) is 9.59 Å². The molecule has 1 atom stereocenters. The van der Waals surface area contributed by atoms with E-state index in [0.29, 0.717) is 49.2 Å². The van der Waals surface area contributed by atoms with E-state index in [1.807, 2.05) is 38.1 Å². The smallest absolute Gasteiger partial charge is 0.351 e. The Kier molecular flexibility index (Phi) is 7.98. The van der Waals surface area contributed by atoms with Crippen LogP contribution >= 0.6 is 0 Å². The summed E-state index contributed by atoms with van der Waals surface area (Å²) in [6.07, 6.45) is -0.300. The van der Waals surface area contributed by atoms with Crippen molar-refractivity contribution < 1.29 is 33.3 Å². The molecule has 0 saturated heterocycles. The van der Waals surface area contributed by atoms with Crippen LogP contribution in [0.15, 0.2) is 42.5 Å². The molecule has 2 aromatic carbocycles. The fraction of sp³-hybridized carbons (Fsp3) is 0.391. The highest BCUT2D eigenvalue weighted by atomic mass is 16.6. The Hall–Kier alpha value is -3.42. The number of benzene rings is 2. The molecule has 1 aliphatic heterocycles. The van der Waals surface area contributed by atoms with Crippen molar-refractivity contribution in [1.29, 1.82) is 0 Å². The van der Waals surface area contributed by atoms with E-state index >= 15 is 0 Å². The van der Waals surface area contributed by atoms with E-state index in [-0.39, 0.29) is 19.1 Å². The zero-order valence-electron chi connectivity index (χ0n) is 17.7. The molecule has 3 rings (SSSR count). The average Bonchev–Trinajstić information content (AvgIpc) is 2.79. The first-order valence-corrected chi connectivity index (χ1v) is 10.3. The number of hydrogen-bond acceptors (Lipinski definition) is 7. The van der Waals surface area contributed by atoms with Gasteiger partial charge < -0.3 is 29.0 Å². The van der Waals surface area contributed by atoms with Crippen molar-refractivity contribution in [3.8, 4) is 23.0 Å². The van der Waals surface area contributed by atoms with Crippen LogP contribution in [-0.2, 0) is 20.7 Å². The van der Waals surface area contributed by atoms with Crippen molar-refractivity contribution in [3.05, 3.63) is 48.0 Å². The molecule has 0 bridgehead atoms. The van der Waals surface area contributed by atoms with Gasteiger partial charge in [-0.15, -0.1) is 0 Å². The molecule has 1 heterocycles. The summed E-state index contributed by atoms with van der Waals surface area (Å²) in [6, 6.07) is 12.8. The molecule has 2 aromatic rings. The second kappa shape index (κ2) is 11.1. The molecule has 1 amide bonds. The topological polar surface area (TPSA) is 92.3 Å². The van der Waals surface area contributed by atoms with E-state index < -0.39 is 12.1 Å². The Labute approximate surface area is 181 Å². The molecule has 0 aliphatic carbocycles. The highest BCUT2D eigenvalue weighted by Gasteiger charge is 2.29. The first kappa shape index (κ1) is 22.3. The summed E-state index contributed by atoms with van der Waals surface area (Å²) in [5.41, 5.74) is 0.996. The standard InChI is InChI=1S/C23H27NO7/c1-3-27-18-10-9-16(13-20(18)28-4-2)11-12-24-22(25)15-30-23(26)21-14-29-17-7-5-6-8-19(17)31-21/h5-10,13,21H,3-4,11-12,14-15H2,1-2H3,(H,24,25). The lowest BCUT2D eigenvalue weighted by atomic mass is 10.1. The van der Waals surface area contributed by atoms with Crippen LogP contribution in [0.1, 0.15) is 19.4 Å². The van der Waals surface area contributed by atoms with Crippen LogP contribution in [0.5, 0.6) is 23.0 Å². The molecule has 1 unspecified atom stereocenters. The van der Waals surface area contributed by atoms with Crippen molar-refractivity contribution >= 4 is 11.9 Å². The SMILES string of the molecule is CCOc1ccc(CCNC(=O)COC(=O)C2COc3ccccc3O2)cc1OCC. The van der Waals surface area contributed by atoms with Gasteiger partial charge in [-0.2, -0.15) is 0 Å². The van der Waals surface area contributed by atoms with Gasteiger partial charge in [0.1, 0.15) is 6.61 Å². The molecule has 0 saturated carbocycles. The van der Waals surface area contributed by atoms with E-state index in [2.05, 4.69) is 5.32 Å². The first-order chi connectivity index (χ1) is 15.1. The van der Waals surface area contributed by atoms with E-state index in [1.54, 1.807) is 18.2 Å². The number of nitrogens with one attached hydrogen (secondary N) is 1. The lowest BCUT2D eigenvalue weighted by Crippen LogP contribution is -2.39. The maximum absolute atomic E-state index is 12.2. The van der Waals surface area contributed by atoms with Gasteiger partial charge in [-0.25, -0.2) is 4.79 Å². The molecule has 0 aromatic heterocycles. The molecule has 31 heavy (non-hydrogen) atoms. The highest BCUT2D eigenvalue weighted by molar-refractivity contribution is 5.82. The zero-order chi connectivity index (χ0) is 22.1. The lowest BCUT2D eigenvalue weighted by Gasteiger charge is -2.24. The fourth-order valence-corrected chi connectivity index (χ4v) is 3.01. The molecular formula is C23H27NO7. The number of para-hydroxylation sites is 2.